The molecule has 0 aliphatic heterocycles. The lowest BCUT2D eigenvalue weighted by Crippen LogP contribution is -2.37. The summed E-state index contributed by atoms with van der Waals surface area (Å²) < 4.78 is 31.2. The molecule has 0 spiro atoms. The van der Waals surface area contributed by atoms with E-state index in [-0.39, 0.29) is 11.4 Å². The van der Waals surface area contributed by atoms with Gasteiger partial charge in [0.05, 0.1) is 24.1 Å². The van der Waals surface area contributed by atoms with Crippen molar-refractivity contribution in [2.75, 3.05) is 29.5 Å². The summed E-state index contributed by atoms with van der Waals surface area (Å²) in [6.45, 7) is -0.455. The Kier molecular flexibility index (Phi) is 6.79. The van der Waals surface area contributed by atoms with Crippen molar-refractivity contribution in [2.24, 2.45) is 0 Å². The fraction of sp³-hybridized carbons (Fsp3) is 0.188. The van der Waals surface area contributed by atoms with Crippen molar-refractivity contribution >= 4 is 66.4 Å². The summed E-state index contributed by atoms with van der Waals surface area (Å²) >= 11 is 15.2. The van der Waals surface area contributed by atoms with Gasteiger partial charge in [-0.3, -0.25) is 9.10 Å². The monoisotopic (exact) mass is 480 g/mol. The van der Waals surface area contributed by atoms with Gasteiger partial charge >= 0.3 is 0 Å². The normalized spacial score (nSPS) is 11.1. The van der Waals surface area contributed by atoms with Crippen LogP contribution in [0, 0.1) is 0 Å². The number of benzene rings is 2. The van der Waals surface area contributed by atoms with Crippen LogP contribution < -0.4 is 14.4 Å². The third-order valence-electron chi connectivity index (χ3n) is 3.30. The SMILES string of the molecule is COc1ccc(Cl)cc1N(CC(=O)Nc1ccc(Br)c(Cl)c1)S(C)(=O)=O. The van der Waals surface area contributed by atoms with E-state index in [9.17, 15) is 13.2 Å². The van der Waals surface area contributed by atoms with E-state index in [0.29, 0.717) is 20.2 Å². The number of nitrogens with zero attached hydrogens (tertiary/aromatic N) is 1. The number of halogens is 3. The molecule has 2 aromatic rings. The third-order valence-corrected chi connectivity index (χ3v) is 5.89. The molecule has 0 saturated carbocycles. The number of amides is 1. The highest BCUT2D eigenvalue weighted by Crippen LogP contribution is 2.33. The number of ether oxygens (including phenoxy) is 1. The molecule has 0 fully saturated rings. The maximum absolute atomic E-state index is 12.4. The van der Waals surface area contributed by atoms with Crippen molar-refractivity contribution in [1.82, 2.24) is 0 Å². The predicted molar refractivity (Wildman–Crippen MR) is 108 cm³/mol. The van der Waals surface area contributed by atoms with E-state index in [2.05, 4.69) is 21.2 Å². The molecule has 0 bridgehead atoms. The van der Waals surface area contributed by atoms with Crippen LogP contribution in [0.5, 0.6) is 5.75 Å². The second-order valence-corrected chi connectivity index (χ2v) is 8.87. The Morgan fingerprint density at radius 3 is 2.50 bits per heavy atom. The molecule has 0 aliphatic rings. The van der Waals surface area contributed by atoms with Gasteiger partial charge in [0.15, 0.2) is 0 Å². The Hall–Kier alpha value is -1.48. The molecular weight excluding hydrogens is 467 g/mol. The lowest BCUT2D eigenvalue weighted by Gasteiger charge is -2.24. The quantitative estimate of drug-likeness (QED) is 0.671. The van der Waals surface area contributed by atoms with Gasteiger partial charge in [0, 0.05) is 15.2 Å². The van der Waals surface area contributed by atoms with Gasteiger partial charge in [-0.2, -0.15) is 0 Å². The fourth-order valence-corrected chi connectivity index (χ4v) is 3.59. The summed E-state index contributed by atoms with van der Waals surface area (Å²) in [6.07, 6.45) is 0.997. The Morgan fingerprint density at radius 2 is 1.92 bits per heavy atom. The molecule has 0 radical (unpaired) electrons. The van der Waals surface area contributed by atoms with E-state index in [0.717, 1.165) is 10.6 Å². The molecule has 26 heavy (non-hydrogen) atoms. The van der Waals surface area contributed by atoms with Crippen molar-refractivity contribution in [2.45, 2.75) is 0 Å². The predicted octanol–water partition coefficient (Wildman–Crippen LogP) is 4.17. The zero-order valence-corrected chi connectivity index (χ0v) is 17.7. The highest BCUT2D eigenvalue weighted by molar-refractivity contribution is 9.10. The average Bonchev–Trinajstić information content (AvgIpc) is 2.55. The number of hydrogen-bond donors (Lipinski definition) is 1. The summed E-state index contributed by atoms with van der Waals surface area (Å²) in [6, 6.07) is 9.38. The topological polar surface area (TPSA) is 75.7 Å². The van der Waals surface area contributed by atoms with Gasteiger partial charge in [-0.25, -0.2) is 8.42 Å². The zero-order chi connectivity index (χ0) is 19.5. The Morgan fingerprint density at radius 1 is 1.23 bits per heavy atom. The highest BCUT2D eigenvalue weighted by atomic mass is 79.9. The number of nitrogens with one attached hydrogen (secondary N) is 1. The van der Waals surface area contributed by atoms with Gasteiger partial charge < -0.3 is 10.1 Å². The number of anilines is 2. The molecule has 0 saturated heterocycles. The van der Waals surface area contributed by atoms with Crippen LogP contribution in [0.3, 0.4) is 0 Å². The van der Waals surface area contributed by atoms with Crippen LogP contribution in [-0.2, 0) is 14.8 Å². The molecule has 2 rings (SSSR count). The molecule has 1 amide bonds. The molecule has 0 aliphatic carbocycles. The van der Waals surface area contributed by atoms with Crippen LogP contribution >= 0.6 is 39.1 Å². The molecule has 0 aromatic heterocycles. The Balaban J connectivity index is 2.30. The molecule has 6 nitrogen and oxygen atoms in total. The first-order valence-electron chi connectivity index (χ1n) is 7.18. The van der Waals surface area contributed by atoms with Gasteiger partial charge in [-0.05, 0) is 52.3 Å². The molecular formula is C16H15BrCl2N2O4S. The summed E-state index contributed by atoms with van der Waals surface area (Å²) in [4.78, 5) is 12.4. The molecule has 10 heteroatoms. The molecule has 140 valence electrons. The standard InChI is InChI=1S/C16H15BrCl2N2O4S/c1-25-15-6-3-10(18)7-14(15)21(26(2,23)24)9-16(22)20-11-4-5-12(17)13(19)8-11/h3-8H,9H2,1-2H3,(H,20,22). The fourth-order valence-electron chi connectivity index (χ4n) is 2.14. The van der Waals surface area contributed by atoms with E-state index < -0.39 is 22.5 Å². The second-order valence-electron chi connectivity index (χ2n) is 5.26. The van der Waals surface area contributed by atoms with E-state index in [1.54, 1.807) is 24.3 Å². The van der Waals surface area contributed by atoms with Crippen molar-refractivity contribution in [3.63, 3.8) is 0 Å². The average molecular weight is 482 g/mol. The van der Waals surface area contributed by atoms with Gasteiger partial charge in [-0.15, -0.1) is 0 Å². The second kappa shape index (κ2) is 8.47. The number of hydrogen-bond acceptors (Lipinski definition) is 4. The van der Waals surface area contributed by atoms with Gasteiger partial charge in [-0.1, -0.05) is 23.2 Å². The number of methoxy groups -OCH3 is 1. The van der Waals surface area contributed by atoms with Gasteiger partial charge in [0.1, 0.15) is 12.3 Å². The van der Waals surface area contributed by atoms with Crippen LogP contribution in [0.15, 0.2) is 40.9 Å². The van der Waals surface area contributed by atoms with Gasteiger partial charge in [0.25, 0.3) is 0 Å². The first-order valence-corrected chi connectivity index (χ1v) is 10.6. The first kappa shape index (κ1) is 20.8. The van der Waals surface area contributed by atoms with E-state index in [1.807, 2.05) is 0 Å². The minimum atomic E-state index is -3.77. The van der Waals surface area contributed by atoms with Crippen molar-refractivity contribution in [3.8, 4) is 5.75 Å². The molecule has 0 heterocycles. The maximum atomic E-state index is 12.4. The number of sulfonamides is 1. The van der Waals surface area contributed by atoms with Crippen LogP contribution in [0.4, 0.5) is 11.4 Å². The van der Waals surface area contributed by atoms with Crippen molar-refractivity contribution in [3.05, 3.63) is 50.9 Å². The summed E-state index contributed by atoms with van der Waals surface area (Å²) in [5, 5.41) is 3.34. The molecule has 0 atom stereocenters. The summed E-state index contributed by atoms with van der Waals surface area (Å²) in [5.41, 5.74) is 0.612. The number of carbonyl (C=O) groups excluding carboxylic acids is 1. The van der Waals surface area contributed by atoms with E-state index in [1.165, 1.54) is 19.2 Å². The molecule has 0 unspecified atom stereocenters. The lowest BCUT2D eigenvalue weighted by atomic mass is 10.3. The first-order chi connectivity index (χ1) is 12.1. The number of rotatable bonds is 6. The van der Waals surface area contributed by atoms with E-state index in [4.69, 9.17) is 27.9 Å². The largest absolute Gasteiger partial charge is 0.495 e. The van der Waals surface area contributed by atoms with Crippen LogP contribution in [0.1, 0.15) is 0 Å². The minimum Gasteiger partial charge on any atom is -0.495 e. The van der Waals surface area contributed by atoms with Crippen LogP contribution in [-0.4, -0.2) is 34.2 Å². The lowest BCUT2D eigenvalue weighted by molar-refractivity contribution is -0.114. The van der Waals surface area contributed by atoms with Crippen LogP contribution in [0.2, 0.25) is 10.0 Å². The van der Waals surface area contributed by atoms with Gasteiger partial charge in [0.2, 0.25) is 15.9 Å². The molecule has 1 N–H and O–H groups in total. The third kappa shape index (κ3) is 5.26. The van der Waals surface area contributed by atoms with E-state index >= 15 is 0 Å². The Labute approximate surface area is 170 Å². The van der Waals surface area contributed by atoms with Crippen LogP contribution in [0.25, 0.3) is 0 Å². The Bertz CT molecular complexity index is 938. The van der Waals surface area contributed by atoms with Crippen molar-refractivity contribution < 1.29 is 17.9 Å². The summed E-state index contributed by atoms with van der Waals surface area (Å²) in [7, 11) is -2.37. The highest BCUT2D eigenvalue weighted by Gasteiger charge is 2.24. The zero-order valence-electron chi connectivity index (χ0n) is 13.8. The van der Waals surface area contributed by atoms with Crippen molar-refractivity contribution in [1.29, 1.82) is 0 Å². The number of carbonyl (C=O) groups is 1. The molecule has 2 aromatic carbocycles. The summed E-state index contributed by atoms with van der Waals surface area (Å²) in [5.74, 6) is -0.268. The smallest absolute Gasteiger partial charge is 0.245 e. The maximum Gasteiger partial charge on any atom is 0.245 e. The minimum absolute atomic E-state index is 0.173.